The molecule has 0 radical (unpaired) electrons. The maximum absolute atomic E-state index is 14.0. The number of benzene rings is 3. The molecule has 0 aromatic heterocycles. The number of ether oxygens (including phenoxy) is 1. The summed E-state index contributed by atoms with van der Waals surface area (Å²) in [5.41, 5.74) is 0.668. The number of nitrogens with zero attached hydrogens (tertiary/aromatic N) is 2. The molecule has 2 aliphatic rings. The molecule has 2 fully saturated rings. The highest BCUT2D eigenvalue weighted by molar-refractivity contribution is 7.89. The van der Waals surface area contributed by atoms with Crippen molar-refractivity contribution in [3.8, 4) is 0 Å². The van der Waals surface area contributed by atoms with Crippen molar-refractivity contribution in [2.24, 2.45) is 0 Å². The van der Waals surface area contributed by atoms with Crippen molar-refractivity contribution in [3.63, 3.8) is 0 Å². The van der Waals surface area contributed by atoms with Crippen molar-refractivity contribution >= 4 is 21.8 Å². The van der Waals surface area contributed by atoms with Crippen molar-refractivity contribution in [1.29, 1.82) is 0 Å². The first-order chi connectivity index (χ1) is 17.7. The van der Waals surface area contributed by atoms with E-state index in [9.17, 15) is 18.0 Å². The molecule has 0 aliphatic carbocycles. The third kappa shape index (κ3) is 4.45. The summed E-state index contributed by atoms with van der Waals surface area (Å²) in [6.07, 6.45) is 0.109. The fourth-order valence-electron chi connectivity index (χ4n) is 5.51. The summed E-state index contributed by atoms with van der Waals surface area (Å²) in [5, 5.41) is 0. The minimum atomic E-state index is -4.19. The Morgan fingerprint density at radius 2 is 1.43 bits per heavy atom. The maximum Gasteiger partial charge on any atom is 0.266 e. The number of carbonyl (C=O) groups is 2. The Kier molecular flexibility index (Phi) is 6.64. The summed E-state index contributed by atoms with van der Waals surface area (Å²) >= 11 is 0. The smallest absolute Gasteiger partial charge is 0.266 e. The van der Waals surface area contributed by atoms with Crippen LogP contribution in [0.4, 0.5) is 0 Å². The number of morpholine rings is 1. The maximum atomic E-state index is 14.0. The molecule has 5 rings (SSSR count). The molecule has 7 nitrogen and oxygen atoms in total. The van der Waals surface area contributed by atoms with E-state index < -0.39 is 21.3 Å². The molecule has 2 aliphatic heterocycles. The highest BCUT2D eigenvalue weighted by Gasteiger charge is 2.53. The van der Waals surface area contributed by atoms with E-state index in [4.69, 9.17) is 4.74 Å². The first kappa shape index (κ1) is 25.2. The van der Waals surface area contributed by atoms with E-state index in [1.165, 1.54) is 12.1 Å². The van der Waals surface area contributed by atoms with Crippen molar-refractivity contribution in [3.05, 3.63) is 102 Å². The zero-order valence-electron chi connectivity index (χ0n) is 20.9. The predicted octanol–water partition coefficient (Wildman–Crippen LogP) is 3.84. The van der Waals surface area contributed by atoms with Crippen LogP contribution in [0.25, 0.3) is 0 Å². The van der Waals surface area contributed by atoms with Crippen LogP contribution in [-0.2, 0) is 25.0 Å². The molecule has 3 aromatic rings. The number of hydrogen-bond donors (Lipinski definition) is 0. The monoisotopic (exact) mass is 518 g/mol. The van der Waals surface area contributed by atoms with Gasteiger partial charge in [0, 0.05) is 25.2 Å². The lowest BCUT2D eigenvalue weighted by atomic mass is 9.73. The molecule has 0 unspecified atom stereocenters. The van der Waals surface area contributed by atoms with Crippen LogP contribution in [0, 0.1) is 0 Å². The van der Waals surface area contributed by atoms with Gasteiger partial charge < -0.3 is 9.64 Å². The molecule has 3 aromatic carbocycles. The molecule has 2 amide bonds. The van der Waals surface area contributed by atoms with Crippen molar-refractivity contribution < 1.29 is 22.7 Å². The van der Waals surface area contributed by atoms with Crippen molar-refractivity contribution in [2.75, 3.05) is 19.6 Å². The number of hydrogen-bond acceptors (Lipinski definition) is 5. The van der Waals surface area contributed by atoms with Gasteiger partial charge >= 0.3 is 0 Å². The Hall–Kier alpha value is -3.49. The zero-order valence-corrected chi connectivity index (χ0v) is 21.7. The molecule has 37 heavy (non-hydrogen) atoms. The number of rotatable bonds is 5. The first-order valence-electron chi connectivity index (χ1n) is 12.5. The standard InChI is InChI=1S/C29H30N2O5S/c1-21-19-30(20-22(2)36-21)27(32)23-10-9-15-26(18-23)37(34,35)31-17-16-29(28(31)33,24-11-5-3-6-12-24)25-13-7-4-8-14-25/h3-15,18,21-22H,16-17,19-20H2,1-2H3/t21-,22+. The van der Waals surface area contributed by atoms with Gasteiger partial charge in [-0.25, -0.2) is 12.7 Å². The average molecular weight is 519 g/mol. The second-order valence-electron chi connectivity index (χ2n) is 9.76. The van der Waals surface area contributed by atoms with Crippen LogP contribution in [0.2, 0.25) is 0 Å². The Balaban J connectivity index is 1.49. The van der Waals surface area contributed by atoms with Gasteiger partial charge in [-0.15, -0.1) is 0 Å². The van der Waals surface area contributed by atoms with E-state index in [2.05, 4.69) is 0 Å². The summed E-state index contributed by atoms with van der Waals surface area (Å²) in [6.45, 7) is 4.72. The summed E-state index contributed by atoms with van der Waals surface area (Å²) in [4.78, 5) is 28.9. The van der Waals surface area contributed by atoms with Crippen LogP contribution in [0.1, 0.15) is 41.8 Å². The average Bonchev–Trinajstić information content (AvgIpc) is 3.27. The Morgan fingerprint density at radius 3 is 2.00 bits per heavy atom. The van der Waals surface area contributed by atoms with Crippen molar-refractivity contribution in [1.82, 2.24) is 9.21 Å². The highest BCUT2D eigenvalue weighted by Crippen LogP contribution is 2.43. The summed E-state index contributed by atoms with van der Waals surface area (Å²) in [5.74, 6) is -0.743. The molecule has 0 saturated carbocycles. The molecule has 0 spiro atoms. The zero-order chi connectivity index (χ0) is 26.2. The first-order valence-corrected chi connectivity index (χ1v) is 13.9. The number of sulfonamides is 1. The molecule has 0 N–H and O–H groups in total. The van der Waals surface area contributed by atoms with Crippen molar-refractivity contribution in [2.45, 2.75) is 42.8 Å². The van der Waals surface area contributed by atoms with Crippen LogP contribution in [-0.4, -0.2) is 61.3 Å². The SMILES string of the molecule is C[C@@H]1CN(C(=O)c2cccc(S(=O)(=O)N3CCC(c4ccccc4)(c4ccccc4)C3=O)c2)C[C@H](C)O1. The van der Waals surface area contributed by atoms with E-state index in [-0.39, 0.29) is 35.1 Å². The summed E-state index contributed by atoms with van der Waals surface area (Å²) in [7, 11) is -4.19. The normalized spacial score (nSPS) is 21.7. The molecule has 192 valence electrons. The predicted molar refractivity (Wildman–Crippen MR) is 140 cm³/mol. The van der Waals surface area contributed by atoms with E-state index in [0.29, 0.717) is 19.5 Å². The summed E-state index contributed by atoms with van der Waals surface area (Å²) in [6, 6.07) is 24.6. The molecule has 2 saturated heterocycles. The van der Waals surface area contributed by atoms with Gasteiger partial charge in [0.15, 0.2) is 0 Å². The fourth-order valence-corrected chi connectivity index (χ4v) is 7.00. The Labute approximate surface area is 217 Å². The fraction of sp³-hybridized carbons (Fsp3) is 0.310. The second kappa shape index (κ2) is 9.76. The van der Waals surface area contributed by atoms with E-state index in [1.807, 2.05) is 74.5 Å². The largest absolute Gasteiger partial charge is 0.372 e. The lowest BCUT2D eigenvalue weighted by Gasteiger charge is -2.35. The highest BCUT2D eigenvalue weighted by atomic mass is 32.2. The van der Waals surface area contributed by atoms with E-state index in [0.717, 1.165) is 15.4 Å². The van der Waals surface area contributed by atoms with Crippen LogP contribution in [0.15, 0.2) is 89.8 Å². The molecule has 2 heterocycles. The van der Waals surface area contributed by atoms with Gasteiger partial charge in [0.1, 0.15) is 5.41 Å². The summed E-state index contributed by atoms with van der Waals surface area (Å²) < 4.78 is 34.3. The van der Waals surface area contributed by atoms with Crippen LogP contribution in [0.3, 0.4) is 0 Å². The molecule has 0 bridgehead atoms. The lowest BCUT2D eigenvalue weighted by Crippen LogP contribution is -2.48. The lowest BCUT2D eigenvalue weighted by molar-refractivity contribution is -0.127. The van der Waals surface area contributed by atoms with Crippen LogP contribution >= 0.6 is 0 Å². The third-order valence-corrected chi connectivity index (χ3v) is 8.97. The van der Waals surface area contributed by atoms with Gasteiger partial charge in [-0.2, -0.15) is 0 Å². The minimum absolute atomic E-state index is 0.0433. The van der Waals surface area contributed by atoms with Gasteiger partial charge in [0.05, 0.1) is 17.1 Å². The van der Waals surface area contributed by atoms with Gasteiger partial charge in [0.2, 0.25) is 0 Å². The third-order valence-electron chi connectivity index (χ3n) is 7.19. The topological polar surface area (TPSA) is 84.0 Å². The minimum Gasteiger partial charge on any atom is -0.372 e. The van der Waals surface area contributed by atoms with Gasteiger partial charge in [-0.05, 0) is 49.6 Å². The van der Waals surface area contributed by atoms with Gasteiger partial charge in [-0.1, -0.05) is 66.7 Å². The number of carbonyl (C=O) groups excluding carboxylic acids is 2. The Morgan fingerprint density at radius 1 is 0.865 bits per heavy atom. The molecule has 2 atom stereocenters. The van der Waals surface area contributed by atoms with E-state index >= 15 is 0 Å². The van der Waals surface area contributed by atoms with E-state index in [1.54, 1.807) is 17.0 Å². The van der Waals surface area contributed by atoms with Gasteiger partial charge in [-0.3, -0.25) is 9.59 Å². The quantitative estimate of drug-likeness (QED) is 0.513. The van der Waals surface area contributed by atoms with Gasteiger partial charge in [0.25, 0.3) is 21.8 Å². The van der Waals surface area contributed by atoms with Crippen LogP contribution in [0.5, 0.6) is 0 Å². The second-order valence-corrected chi connectivity index (χ2v) is 11.6. The van der Waals surface area contributed by atoms with Crippen LogP contribution < -0.4 is 0 Å². The molecular weight excluding hydrogens is 488 g/mol. The Bertz CT molecular complexity index is 1360. The molecular formula is C29H30N2O5S. The number of amides is 2. The molecule has 8 heteroatoms.